The van der Waals surface area contributed by atoms with Crippen LogP contribution in [-0.4, -0.2) is 44.9 Å². The van der Waals surface area contributed by atoms with E-state index in [2.05, 4.69) is 9.97 Å². The molecule has 0 aliphatic carbocycles. The number of benzene rings is 1. The van der Waals surface area contributed by atoms with Crippen molar-refractivity contribution in [3.8, 4) is 0 Å². The molecule has 1 aromatic heterocycles. The van der Waals surface area contributed by atoms with Crippen molar-refractivity contribution in [1.82, 2.24) is 14.9 Å². The predicted molar refractivity (Wildman–Crippen MR) is 97.1 cm³/mol. The maximum Gasteiger partial charge on any atom is 0.308 e. The van der Waals surface area contributed by atoms with Gasteiger partial charge in [-0.3, -0.25) is 9.59 Å². The number of aliphatic carboxylic acids is 1. The number of nitrogens with zero attached hydrogens (tertiary/aromatic N) is 3. The van der Waals surface area contributed by atoms with E-state index in [0.717, 1.165) is 5.56 Å². The van der Waals surface area contributed by atoms with Crippen LogP contribution in [-0.2, 0) is 4.79 Å². The predicted octanol–water partition coefficient (Wildman–Crippen LogP) is 2.85. The fourth-order valence-electron chi connectivity index (χ4n) is 3.52. The number of hydrogen-bond donors (Lipinski definition) is 1. The standard InChI is InChI=1S/C20H23N3O3/c1-12(2)18-15(9-21-13(3)22-18)19(24)23-10-16(17(11-23)20(25)26)14-7-5-4-6-8-14/h4-9,12,16-17H,10-11H2,1-3H3,(H,25,26). The smallest absolute Gasteiger partial charge is 0.308 e. The molecule has 1 saturated heterocycles. The van der Waals surface area contributed by atoms with Crippen LogP contribution in [0.4, 0.5) is 0 Å². The third kappa shape index (κ3) is 3.45. The van der Waals surface area contributed by atoms with E-state index in [0.29, 0.717) is 23.6 Å². The zero-order chi connectivity index (χ0) is 18.8. The first kappa shape index (κ1) is 18.0. The van der Waals surface area contributed by atoms with Gasteiger partial charge in [-0.25, -0.2) is 9.97 Å². The van der Waals surface area contributed by atoms with Crippen molar-refractivity contribution < 1.29 is 14.7 Å². The average molecular weight is 353 g/mol. The molecule has 1 N–H and O–H groups in total. The van der Waals surface area contributed by atoms with Gasteiger partial charge in [0.15, 0.2) is 0 Å². The minimum atomic E-state index is -0.876. The highest BCUT2D eigenvalue weighted by atomic mass is 16.4. The molecule has 136 valence electrons. The van der Waals surface area contributed by atoms with Gasteiger partial charge in [0.05, 0.1) is 17.2 Å². The van der Waals surface area contributed by atoms with E-state index in [1.54, 1.807) is 18.0 Å². The second-order valence-electron chi connectivity index (χ2n) is 7.04. The Kier molecular flexibility index (Phi) is 5.02. The Morgan fingerprint density at radius 1 is 1.19 bits per heavy atom. The summed E-state index contributed by atoms with van der Waals surface area (Å²) in [5.41, 5.74) is 2.11. The molecular weight excluding hydrogens is 330 g/mol. The highest BCUT2D eigenvalue weighted by Crippen LogP contribution is 2.34. The number of aryl methyl sites for hydroxylation is 1. The van der Waals surface area contributed by atoms with Crippen LogP contribution in [0.3, 0.4) is 0 Å². The lowest BCUT2D eigenvalue weighted by Gasteiger charge is -2.19. The second-order valence-corrected chi connectivity index (χ2v) is 7.04. The topological polar surface area (TPSA) is 83.4 Å². The second kappa shape index (κ2) is 7.23. The first-order valence-electron chi connectivity index (χ1n) is 8.79. The average Bonchev–Trinajstić information content (AvgIpc) is 3.07. The summed E-state index contributed by atoms with van der Waals surface area (Å²) in [6.45, 7) is 6.33. The molecule has 2 atom stereocenters. The first-order valence-corrected chi connectivity index (χ1v) is 8.79. The van der Waals surface area contributed by atoms with E-state index in [-0.39, 0.29) is 24.3 Å². The van der Waals surface area contributed by atoms with Gasteiger partial charge in [-0.05, 0) is 18.4 Å². The molecule has 1 aliphatic heterocycles. The third-order valence-electron chi connectivity index (χ3n) is 4.87. The number of likely N-dealkylation sites (tertiary alicyclic amines) is 1. The number of aromatic nitrogens is 2. The number of carbonyl (C=O) groups is 2. The molecule has 2 heterocycles. The van der Waals surface area contributed by atoms with Gasteiger partial charge >= 0.3 is 5.97 Å². The highest BCUT2D eigenvalue weighted by Gasteiger charge is 2.41. The fraction of sp³-hybridized carbons (Fsp3) is 0.400. The van der Waals surface area contributed by atoms with E-state index < -0.39 is 11.9 Å². The summed E-state index contributed by atoms with van der Waals surface area (Å²) in [6, 6.07) is 9.52. The molecule has 1 fully saturated rings. The van der Waals surface area contributed by atoms with Crippen LogP contribution < -0.4 is 0 Å². The zero-order valence-corrected chi connectivity index (χ0v) is 15.2. The summed E-state index contributed by atoms with van der Waals surface area (Å²) in [6.07, 6.45) is 1.56. The molecule has 2 unspecified atom stereocenters. The summed E-state index contributed by atoms with van der Waals surface area (Å²) in [5, 5.41) is 9.63. The Morgan fingerprint density at radius 2 is 1.88 bits per heavy atom. The van der Waals surface area contributed by atoms with Gasteiger partial charge < -0.3 is 10.0 Å². The van der Waals surface area contributed by atoms with Gasteiger partial charge in [0.25, 0.3) is 5.91 Å². The van der Waals surface area contributed by atoms with Gasteiger partial charge in [0.2, 0.25) is 0 Å². The van der Waals surface area contributed by atoms with Gasteiger partial charge in [-0.1, -0.05) is 44.2 Å². The fourth-order valence-corrected chi connectivity index (χ4v) is 3.52. The van der Waals surface area contributed by atoms with E-state index in [1.165, 1.54) is 0 Å². The maximum atomic E-state index is 13.1. The molecule has 6 heteroatoms. The largest absolute Gasteiger partial charge is 0.481 e. The minimum Gasteiger partial charge on any atom is -0.481 e. The van der Waals surface area contributed by atoms with Crippen LogP contribution in [0.2, 0.25) is 0 Å². The van der Waals surface area contributed by atoms with Gasteiger partial charge in [-0.15, -0.1) is 0 Å². The van der Waals surface area contributed by atoms with Crippen molar-refractivity contribution in [3.63, 3.8) is 0 Å². The molecule has 2 aromatic rings. The lowest BCUT2D eigenvalue weighted by molar-refractivity contribution is -0.141. The molecule has 0 saturated carbocycles. The van der Waals surface area contributed by atoms with Crippen LogP contribution in [0.15, 0.2) is 36.5 Å². The monoisotopic (exact) mass is 353 g/mol. The summed E-state index contributed by atoms with van der Waals surface area (Å²) in [4.78, 5) is 35.0. The number of carbonyl (C=O) groups excluding carboxylic acids is 1. The van der Waals surface area contributed by atoms with Crippen LogP contribution >= 0.6 is 0 Å². The quantitative estimate of drug-likeness (QED) is 0.914. The molecule has 1 amide bonds. The third-order valence-corrected chi connectivity index (χ3v) is 4.87. The summed E-state index contributed by atoms with van der Waals surface area (Å²) < 4.78 is 0. The van der Waals surface area contributed by atoms with Crippen LogP contribution in [0, 0.1) is 12.8 Å². The molecule has 3 rings (SSSR count). The van der Waals surface area contributed by atoms with E-state index in [1.807, 2.05) is 44.2 Å². The van der Waals surface area contributed by atoms with Gasteiger partial charge in [-0.2, -0.15) is 0 Å². The van der Waals surface area contributed by atoms with Crippen molar-refractivity contribution in [2.75, 3.05) is 13.1 Å². The lowest BCUT2D eigenvalue weighted by Crippen LogP contribution is -2.31. The van der Waals surface area contributed by atoms with Crippen molar-refractivity contribution in [1.29, 1.82) is 0 Å². The van der Waals surface area contributed by atoms with E-state index in [4.69, 9.17) is 0 Å². The molecule has 0 spiro atoms. The van der Waals surface area contributed by atoms with E-state index in [9.17, 15) is 14.7 Å². The van der Waals surface area contributed by atoms with Gasteiger partial charge in [0.1, 0.15) is 5.82 Å². The lowest BCUT2D eigenvalue weighted by atomic mass is 9.89. The first-order chi connectivity index (χ1) is 12.4. The Labute approximate surface area is 152 Å². The maximum absolute atomic E-state index is 13.1. The van der Waals surface area contributed by atoms with Crippen molar-refractivity contribution in [2.24, 2.45) is 5.92 Å². The Hall–Kier alpha value is -2.76. The molecule has 0 radical (unpaired) electrons. The summed E-state index contributed by atoms with van der Waals surface area (Å²) in [7, 11) is 0. The van der Waals surface area contributed by atoms with Crippen LogP contribution in [0.25, 0.3) is 0 Å². The Bertz CT molecular complexity index is 820. The Morgan fingerprint density at radius 3 is 2.50 bits per heavy atom. The number of rotatable bonds is 4. The van der Waals surface area contributed by atoms with Gasteiger partial charge in [0, 0.05) is 25.2 Å². The minimum absolute atomic E-state index is 0.0819. The molecule has 6 nitrogen and oxygen atoms in total. The number of amides is 1. The van der Waals surface area contributed by atoms with Crippen molar-refractivity contribution in [3.05, 3.63) is 59.2 Å². The van der Waals surface area contributed by atoms with Crippen LogP contribution in [0.1, 0.15) is 53.1 Å². The molecule has 1 aromatic carbocycles. The molecule has 26 heavy (non-hydrogen) atoms. The summed E-state index contributed by atoms with van der Waals surface area (Å²) in [5.74, 6) is -1.20. The summed E-state index contributed by atoms with van der Waals surface area (Å²) >= 11 is 0. The highest BCUT2D eigenvalue weighted by molar-refractivity contribution is 5.96. The molecule has 0 bridgehead atoms. The SMILES string of the molecule is Cc1ncc(C(=O)N2CC(C(=O)O)C(c3ccccc3)C2)c(C(C)C)n1. The number of carboxylic acid groups (broad SMARTS) is 1. The number of carboxylic acids is 1. The van der Waals surface area contributed by atoms with E-state index >= 15 is 0 Å². The number of hydrogen-bond acceptors (Lipinski definition) is 4. The molecule has 1 aliphatic rings. The van der Waals surface area contributed by atoms with Crippen molar-refractivity contribution in [2.45, 2.75) is 32.6 Å². The van der Waals surface area contributed by atoms with Crippen LogP contribution in [0.5, 0.6) is 0 Å². The van der Waals surface area contributed by atoms with Crippen molar-refractivity contribution >= 4 is 11.9 Å². The Balaban J connectivity index is 1.91. The zero-order valence-electron chi connectivity index (χ0n) is 15.2. The molecular formula is C20H23N3O3. The normalized spacial score (nSPS) is 19.8.